The minimum atomic E-state index is -0.837. The third kappa shape index (κ3) is 4.13. The average molecular weight is 300 g/mol. The van der Waals surface area contributed by atoms with Gasteiger partial charge in [0.15, 0.2) is 5.16 Å². The molecule has 0 unspecified atom stereocenters. The SMILES string of the molecule is CCCn1c(SCC(=O)O)nnc1N(C)C(CC)CC. The molecule has 0 aliphatic heterocycles. The zero-order valence-corrected chi connectivity index (χ0v) is 13.5. The topological polar surface area (TPSA) is 71.2 Å². The van der Waals surface area contributed by atoms with Crippen molar-refractivity contribution in [2.75, 3.05) is 17.7 Å². The van der Waals surface area contributed by atoms with Gasteiger partial charge >= 0.3 is 5.97 Å². The molecule has 7 heteroatoms. The number of hydrogen-bond acceptors (Lipinski definition) is 5. The maximum atomic E-state index is 10.7. The second kappa shape index (κ2) is 8.14. The van der Waals surface area contributed by atoms with Crippen LogP contribution in [0.4, 0.5) is 5.95 Å². The highest BCUT2D eigenvalue weighted by atomic mass is 32.2. The molecule has 1 aromatic rings. The molecule has 0 bridgehead atoms. The fourth-order valence-corrected chi connectivity index (χ4v) is 2.87. The summed E-state index contributed by atoms with van der Waals surface area (Å²) in [6.45, 7) is 7.21. The standard InChI is InChI=1S/C13H24N4O2S/c1-5-8-17-12(16(4)10(6-2)7-3)14-15-13(17)20-9-11(18)19/h10H,5-9H2,1-4H3,(H,18,19). The molecule has 0 radical (unpaired) electrons. The van der Waals surface area contributed by atoms with Gasteiger partial charge in [0.2, 0.25) is 5.95 Å². The third-order valence-corrected chi connectivity index (χ3v) is 4.23. The van der Waals surface area contributed by atoms with E-state index in [1.807, 2.05) is 11.6 Å². The van der Waals surface area contributed by atoms with Crippen molar-refractivity contribution in [1.82, 2.24) is 14.8 Å². The number of hydrogen-bond donors (Lipinski definition) is 1. The monoisotopic (exact) mass is 300 g/mol. The van der Waals surface area contributed by atoms with E-state index in [0.717, 1.165) is 31.8 Å². The highest BCUT2D eigenvalue weighted by molar-refractivity contribution is 7.99. The van der Waals surface area contributed by atoms with Gasteiger partial charge in [0.25, 0.3) is 0 Å². The zero-order valence-electron chi connectivity index (χ0n) is 12.7. The van der Waals surface area contributed by atoms with Crippen molar-refractivity contribution in [2.24, 2.45) is 0 Å². The van der Waals surface area contributed by atoms with E-state index in [1.165, 1.54) is 11.8 Å². The zero-order chi connectivity index (χ0) is 15.1. The number of carbonyl (C=O) groups is 1. The van der Waals surface area contributed by atoms with Crippen LogP contribution in [0.2, 0.25) is 0 Å². The second-order valence-corrected chi connectivity index (χ2v) is 5.64. The van der Waals surface area contributed by atoms with Gasteiger partial charge in [-0.2, -0.15) is 0 Å². The Balaban J connectivity index is 2.97. The van der Waals surface area contributed by atoms with Gasteiger partial charge in [0.05, 0.1) is 5.75 Å². The summed E-state index contributed by atoms with van der Waals surface area (Å²) >= 11 is 1.22. The summed E-state index contributed by atoms with van der Waals surface area (Å²) in [5, 5.41) is 17.9. The molecule has 0 fully saturated rings. The summed E-state index contributed by atoms with van der Waals surface area (Å²) in [5.74, 6) is 0.000633. The van der Waals surface area contributed by atoms with Crippen LogP contribution in [0, 0.1) is 0 Å². The van der Waals surface area contributed by atoms with E-state index >= 15 is 0 Å². The largest absolute Gasteiger partial charge is 0.481 e. The smallest absolute Gasteiger partial charge is 0.313 e. The van der Waals surface area contributed by atoms with Crippen LogP contribution in [0.25, 0.3) is 0 Å². The molecular formula is C13H24N4O2S. The number of carboxylic acids is 1. The normalized spacial score (nSPS) is 11.1. The van der Waals surface area contributed by atoms with Crippen LogP contribution in [-0.2, 0) is 11.3 Å². The van der Waals surface area contributed by atoms with Crippen molar-refractivity contribution in [3.63, 3.8) is 0 Å². The molecule has 0 spiro atoms. The van der Waals surface area contributed by atoms with Crippen LogP contribution >= 0.6 is 11.8 Å². The average Bonchev–Trinajstić information content (AvgIpc) is 2.81. The van der Waals surface area contributed by atoms with Gasteiger partial charge in [0.1, 0.15) is 0 Å². The lowest BCUT2D eigenvalue weighted by Gasteiger charge is -2.27. The molecule has 1 rings (SSSR count). The Morgan fingerprint density at radius 2 is 2.00 bits per heavy atom. The van der Waals surface area contributed by atoms with E-state index in [2.05, 4.69) is 35.9 Å². The second-order valence-electron chi connectivity index (χ2n) is 4.70. The molecule has 1 N–H and O–H groups in total. The first-order chi connectivity index (χ1) is 9.54. The molecule has 0 atom stereocenters. The predicted octanol–water partition coefficient (Wildman–Crippen LogP) is 2.49. The third-order valence-electron chi connectivity index (χ3n) is 3.27. The summed E-state index contributed by atoms with van der Waals surface area (Å²) in [6.07, 6.45) is 3.05. The first-order valence-electron chi connectivity index (χ1n) is 7.05. The lowest BCUT2D eigenvalue weighted by molar-refractivity contribution is -0.133. The Morgan fingerprint density at radius 3 is 2.50 bits per heavy atom. The van der Waals surface area contributed by atoms with Gasteiger partial charge in [-0.15, -0.1) is 10.2 Å². The Kier molecular flexibility index (Phi) is 6.84. The van der Waals surface area contributed by atoms with Crippen LogP contribution in [0.5, 0.6) is 0 Å². The van der Waals surface area contributed by atoms with Crippen LogP contribution in [0.3, 0.4) is 0 Å². The summed E-state index contributed by atoms with van der Waals surface area (Å²) in [6, 6.07) is 0.423. The maximum Gasteiger partial charge on any atom is 0.313 e. The Hall–Kier alpha value is -1.24. The van der Waals surface area contributed by atoms with Gasteiger partial charge in [-0.1, -0.05) is 32.5 Å². The highest BCUT2D eigenvalue weighted by Crippen LogP contribution is 2.24. The quantitative estimate of drug-likeness (QED) is 0.706. The molecule has 1 heterocycles. The molecule has 1 aromatic heterocycles. The van der Waals surface area contributed by atoms with Crippen molar-refractivity contribution in [3.05, 3.63) is 0 Å². The number of thioether (sulfide) groups is 1. The number of aromatic nitrogens is 3. The molecule has 114 valence electrons. The summed E-state index contributed by atoms with van der Waals surface area (Å²) in [5.41, 5.74) is 0. The van der Waals surface area contributed by atoms with E-state index in [9.17, 15) is 4.79 Å². The first-order valence-corrected chi connectivity index (χ1v) is 8.04. The van der Waals surface area contributed by atoms with E-state index in [0.29, 0.717) is 11.2 Å². The molecule has 20 heavy (non-hydrogen) atoms. The van der Waals surface area contributed by atoms with E-state index in [1.54, 1.807) is 0 Å². The van der Waals surface area contributed by atoms with Gasteiger partial charge in [-0.05, 0) is 19.3 Å². The van der Waals surface area contributed by atoms with Gasteiger partial charge in [0, 0.05) is 19.6 Å². The summed E-state index contributed by atoms with van der Waals surface area (Å²) < 4.78 is 2.02. The minimum absolute atomic E-state index is 0.0105. The van der Waals surface area contributed by atoms with Crippen LogP contribution in [0.1, 0.15) is 40.0 Å². The number of aliphatic carboxylic acids is 1. The Morgan fingerprint density at radius 1 is 1.35 bits per heavy atom. The summed E-state index contributed by atoms with van der Waals surface area (Å²) in [4.78, 5) is 12.8. The minimum Gasteiger partial charge on any atom is -0.481 e. The Labute approximate surface area is 124 Å². The summed E-state index contributed by atoms with van der Waals surface area (Å²) in [7, 11) is 2.03. The van der Waals surface area contributed by atoms with E-state index in [-0.39, 0.29) is 5.75 Å². The van der Waals surface area contributed by atoms with E-state index in [4.69, 9.17) is 5.11 Å². The van der Waals surface area contributed by atoms with Gasteiger partial charge < -0.3 is 10.0 Å². The van der Waals surface area contributed by atoms with E-state index < -0.39 is 5.97 Å². The first kappa shape index (κ1) is 16.8. The van der Waals surface area contributed by atoms with Gasteiger partial charge in [-0.3, -0.25) is 9.36 Å². The lowest BCUT2D eigenvalue weighted by atomic mass is 10.1. The van der Waals surface area contributed by atoms with Crippen LogP contribution in [0.15, 0.2) is 5.16 Å². The fourth-order valence-electron chi connectivity index (χ4n) is 2.19. The molecule has 0 saturated carbocycles. The predicted molar refractivity (Wildman–Crippen MR) is 81.4 cm³/mol. The highest BCUT2D eigenvalue weighted by Gasteiger charge is 2.20. The van der Waals surface area contributed by atoms with Crippen molar-refractivity contribution in [2.45, 2.75) is 57.8 Å². The number of anilines is 1. The molecule has 0 aliphatic carbocycles. The van der Waals surface area contributed by atoms with Crippen LogP contribution < -0.4 is 4.90 Å². The number of carboxylic acid groups (broad SMARTS) is 1. The van der Waals surface area contributed by atoms with Crippen LogP contribution in [-0.4, -0.2) is 44.7 Å². The lowest BCUT2D eigenvalue weighted by Crippen LogP contribution is -2.32. The molecule has 6 nitrogen and oxygen atoms in total. The molecular weight excluding hydrogens is 276 g/mol. The molecule has 0 aromatic carbocycles. The van der Waals surface area contributed by atoms with Crippen molar-refractivity contribution in [3.8, 4) is 0 Å². The molecule has 0 aliphatic rings. The van der Waals surface area contributed by atoms with Gasteiger partial charge in [-0.25, -0.2) is 0 Å². The van der Waals surface area contributed by atoms with Crippen molar-refractivity contribution in [1.29, 1.82) is 0 Å². The maximum absolute atomic E-state index is 10.7. The molecule has 0 amide bonds. The molecule has 0 saturated heterocycles. The number of rotatable bonds is 9. The Bertz CT molecular complexity index is 432. The van der Waals surface area contributed by atoms with Crippen molar-refractivity contribution >= 4 is 23.7 Å². The van der Waals surface area contributed by atoms with Crippen molar-refractivity contribution < 1.29 is 9.90 Å². The fraction of sp³-hybridized carbons (Fsp3) is 0.769. The number of nitrogens with zero attached hydrogens (tertiary/aromatic N) is 4.